The molecule has 0 bridgehead atoms. The van der Waals surface area contributed by atoms with Crippen molar-refractivity contribution in [2.24, 2.45) is 0 Å². The van der Waals surface area contributed by atoms with Gasteiger partial charge < -0.3 is 19.5 Å². The molecule has 1 amide bonds. The smallest absolute Gasteiger partial charge is 0.341 e. The largest absolute Gasteiger partial charge is 0.493 e. The first kappa shape index (κ1) is 20.5. The van der Waals surface area contributed by atoms with Crippen molar-refractivity contribution in [3.05, 3.63) is 58.4 Å². The minimum absolute atomic E-state index is 0.187. The fourth-order valence-corrected chi connectivity index (χ4v) is 2.43. The van der Waals surface area contributed by atoms with E-state index in [2.05, 4.69) is 5.32 Å². The van der Waals surface area contributed by atoms with Crippen LogP contribution in [0.4, 0.5) is 4.39 Å². The third kappa shape index (κ3) is 5.34. The zero-order valence-electron chi connectivity index (χ0n) is 15.0. The van der Waals surface area contributed by atoms with Gasteiger partial charge in [0, 0.05) is 11.6 Å². The first-order valence-corrected chi connectivity index (χ1v) is 8.38. The molecule has 0 radical (unpaired) electrons. The lowest BCUT2D eigenvalue weighted by atomic mass is 10.2. The Morgan fingerprint density at radius 1 is 1.11 bits per heavy atom. The lowest BCUT2D eigenvalue weighted by Gasteiger charge is -2.15. The number of hydrogen-bond acceptors (Lipinski definition) is 5. The number of methoxy groups -OCH3 is 2. The van der Waals surface area contributed by atoms with E-state index in [9.17, 15) is 14.0 Å². The van der Waals surface area contributed by atoms with Gasteiger partial charge in [0.05, 0.1) is 19.8 Å². The van der Waals surface area contributed by atoms with Crippen molar-refractivity contribution in [1.82, 2.24) is 5.32 Å². The van der Waals surface area contributed by atoms with E-state index < -0.39 is 23.8 Å². The highest BCUT2D eigenvalue weighted by Crippen LogP contribution is 2.27. The van der Waals surface area contributed by atoms with Crippen LogP contribution in [0.5, 0.6) is 11.5 Å². The normalized spacial score (nSPS) is 11.4. The fourth-order valence-electron chi connectivity index (χ4n) is 2.25. The predicted octanol–water partition coefficient (Wildman–Crippen LogP) is 3.36. The number of carbonyl (C=O) groups is 2. The van der Waals surface area contributed by atoms with Crippen LogP contribution in [0.2, 0.25) is 5.02 Å². The topological polar surface area (TPSA) is 73.9 Å². The van der Waals surface area contributed by atoms with Crippen LogP contribution in [-0.2, 0) is 16.1 Å². The van der Waals surface area contributed by atoms with E-state index in [1.165, 1.54) is 27.2 Å². The molecular weight excluding hydrogens is 377 g/mol. The Balaban J connectivity index is 1.95. The Hall–Kier alpha value is -2.80. The van der Waals surface area contributed by atoms with Crippen molar-refractivity contribution in [3.8, 4) is 11.5 Å². The lowest BCUT2D eigenvalue weighted by Crippen LogP contribution is -2.35. The number of carbonyl (C=O) groups excluding carboxylic acids is 2. The molecule has 0 aliphatic rings. The van der Waals surface area contributed by atoms with Crippen molar-refractivity contribution in [2.45, 2.75) is 19.6 Å². The van der Waals surface area contributed by atoms with Crippen molar-refractivity contribution in [2.75, 3.05) is 14.2 Å². The summed E-state index contributed by atoms with van der Waals surface area (Å²) in [6.07, 6.45) is -1.11. The molecule has 0 unspecified atom stereocenters. The molecule has 0 fully saturated rings. The van der Waals surface area contributed by atoms with Gasteiger partial charge >= 0.3 is 5.97 Å². The van der Waals surface area contributed by atoms with Crippen molar-refractivity contribution < 1.29 is 28.2 Å². The minimum atomic E-state index is -1.11. The van der Waals surface area contributed by atoms with Gasteiger partial charge in [-0.25, -0.2) is 9.18 Å². The first-order chi connectivity index (χ1) is 12.8. The third-order valence-corrected chi connectivity index (χ3v) is 3.95. The highest BCUT2D eigenvalue weighted by atomic mass is 35.5. The van der Waals surface area contributed by atoms with Gasteiger partial charge in [-0.05, 0) is 42.8 Å². The zero-order valence-corrected chi connectivity index (χ0v) is 15.8. The van der Waals surface area contributed by atoms with Crippen LogP contribution < -0.4 is 14.8 Å². The van der Waals surface area contributed by atoms with Gasteiger partial charge in [-0.15, -0.1) is 0 Å². The summed E-state index contributed by atoms with van der Waals surface area (Å²) in [4.78, 5) is 24.2. The first-order valence-electron chi connectivity index (χ1n) is 8.00. The van der Waals surface area contributed by atoms with Crippen LogP contribution in [0.1, 0.15) is 22.8 Å². The lowest BCUT2D eigenvalue weighted by molar-refractivity contribution is -0.129. The second kappa shape index (κ2) is 9.23. The number of rotatable bonds is 7. The SMILES string of the molecule is COc1ccc(CNC(=O)[C@H](C)OC(=O)c2cc(Cl)ccc2F)cc1OC. The third-order valence-electron chi connectivity index (χ3n) is 3.72. The van der Waals surface area contributed by atoms with E-state index in [-0.39, 0.29) is 17.1 Å². The number of hydrogen-bond donors (Lipinski definition) is 1. The van der Waals surface area contributed by atoms with Gasteiger partial charge in [0.1, 0.15) is 5.82 Å². The molecule has 2 aromatic carbocycles. The van der Waals surface area contributed by atoms with Crippen molar-refractivity contribution in [1.29, 1.82) is 0 Å². The van der Waals surface area contributed by atoms with Crippen molar-refractivity contribution in [3.63, 3.8) is 0 Å². The molecule has 0 heterocycles. The molecule has 0 aliphatic carbocycles. The van der Waals surface area contributed by atoms with Gasteiger partial charge in [-0.1, -0.05) is 17.7 Å². The molecule has 1 atom stereocenters. The highest BCUT2D eigenvalue weighted by Gasteiger charge is 2.21. The van der Waals surface area contributed by atoms with Crippen LogP contribution in [-0.4, -0.2) is 32.2 Å². The fraction of sp³-hybridized carbons (Fsp3) is 0.263. The molecule has 144 valence electrons. The molecular formula is C19H19ClFNO5. The Kier molecular flexibility index (Phi) is 7.01. The summed E-state index contributed by atoms with van der Waals surface area (Å²) >= 11 is 5.75. The van der Waals surface area contributed by atoms with Gasteiger partial charge in [0.2, 0.25) is 0 Å². The molecule has 0 aromatic heterocycles. The average Bonchev–Trinajstić information content (AvgIpc) is 2.67. The molecule has 1 N–H and O–H groups in total. The molecule has 0 saturated heterocycles. The molecule has 27 heavy (non-hydrogen) atoms. The van der Waals surface area contributed by atoms with Gasteiger partial charge in [0.25, 0.3) is 5.91 Å². The maximum absolute atomic E-state index is 13.7. The Labute approximate surface area is 161 Å². The maximum atomic E-state index is 13.7. The van der Waals surface area contributed by atoms with Crippen LogP contribution >= 0.6 is 11.6 Å². The zero-order chi connectivity index (χ0) is 20.0. The van der Waals surface area contributed by atoms with Crippen LogP contribution in [0.25, 0.3) is 0 Å². The number of nitrogens with one attached hydrogen (secondary N) is 1. The summed E-state index contributed by atoms with van der Waals surface area (Å²) in [6.45, 7) is 1.58. The molecule has 8 heteroatoms. The van der Waals surface area contributed by atoms with Gasteiger partial charge in [0.15, 0.2) is 17.6 Å². The van der Waals surface area contributed by atoms with E-state index in [0.717, 1.165) is 17.7 Å². The van der Waals surface area contributed by atoms with E-state index in [0.29, 0.717) is 11.5 Å². The Morgan fingerprint density at radius 3 is 2.48 bits per heavy atom. The monoisotopic (exact) mass is 395 g/mol. The predicted molar refractivity (Wildman–Crippen MR) is 97.7 cm³/mol. The highest BCUT2D eigenvalue weighted by molar-refractivity contribution is 6.30. The average molecular weight is 396 g/mol. The molecule has 0 saturated carbocycles. The minimum Gasteiger partial charge on any atom is -0.493 e. The number of amides is 1. The van der Waals surface area contributed by atoms with Crippen LogP contribution in [0.15, 0.2) is 36.4 Å². The summed E-state index contributed by atoms with van der Waals surface area (Å²) in [5.41, 5.74) is 0.433. The number of esters is 1. The summed E-state index contributed by atoms with van der Waals surface area (Å²) in [5, 5.41) is 2.83. The van der Waals surface area contributed by atoms with E-state index in [4.69, 9.17) is 25.8 Å². The van der Waals surface area contributed by atoms with E-state index >= 15 is 0 Å². The Bertz CT molecular complexity index is 843. The summed E-state index contributed by atoms with van der Waals surface area (Å²) in [6, 6.07) is 8.71. The van der Waals surface area contributed by atoms with Gasteiger partial charge in [-0.2, -0.15) is 0 Å². The molecule has 2 aromatic rings. The molecule has 6 nitrogen and oxygen atoms in total. The quantitative estimate of drug-likeness (QED) is 0.728. The molecule has 0 spiro atoms. The number of benzene rings is 2. The van der Waals surface area contributed by atoms with E-state index in [1.54, 1.807) is 18.2 Å². The second-order valence-corrected chi connectivity index (χ2v) is 6.02. The van der Waals surface area contributed by atoms with E-state index in [1.807, 2.05) is 0 Å². The van der Waals surface area contributed by atoms with Crippen molar-refractivity contribution >= 4 is 23.5 Å². The summed E-state index contributed by atoms with van der Waals surface area (Å²) in [5.74, 6) is -1.18. The number of ether oxygens (including phenoxy) is 3. The van der Waals surface area contributed by atoms with Crippen LogP contribution in [0.3, 0.4) is 0 Å². The Morgan fingerprint density at radius 2 is 1.81 bits per heavy atom. The summed E-state index contributed by atoms with van der Waals surface area (Å²) in [7, 11) is 3.04. The number of halogens is 2. The van der Waals surface area contributed by atoms with Crippen LogP contribution in [0, 0.1) is 5.82 Å². The van der Waals surface area contributed by atoms with Gasteiger partial charge in [-0.3, -0.25) is 4.79 Å². The summed E-state index contributed by atoms with van der Waals surface area (Å²) < 4.78 is 29.1. The standard InChI is InChI=1S/C19H19ClFNO5/c1-11(27-19(24)14-9-13(20)5-6-15(14)21)18(23)22-10-12-4-7-16(25-2)17(8-12)26-3/h4-9,11H,10H2,1-3H3,(H,22,23)/t11-/m0/s1. The molecule has 2 rings (SSSR count). The second-order valence-electron chi connectivity index (χ2n) is 5.58. The molecule has 0 aliphatic heterocycles. The maximum Gasteiger partial charge on any atom is 0.341 e.